The highest BCUT2D eigenvalue weighted by Gasteiger charge is 2.33. The summed E-state index contributed by atoms with van der Waals surface area (Å²) in [5.74, 6) is 2.10. The summed E-state index contributed by atoms with van der Waals surface area (Å²) in [5.41, 5.74) is 7.61. The highest BCUT2D eigenvalue weighted by atomic mass is 79.9. The van der Waals surface area contributed by atoms with E-state index in [0.29, 0.717) is 23.6 Å². The predicted molar refractivity (Wildman–Crippen MR) is 82.0 cm³/mol. The largest absolute Gasteiger partial charge is 0.398 e. The summed E-state index contributed by atoms with van der Waals surface area (Å²) in [5, 5.41) is 12.3. The molecule has 1 aliphatic rings. The van der Waals surface area contributed by atoms with Gasteiger partial charge in [0.2, 0.25) is 0 Å². The van der Waals surface area contributed by atoms with Crippen molar-refractivity contribution >= 4 is 21.6 Å². The fraction of sp³-hybridized carbons (Fsp3) is 0.500. The fourth-order valence-corrected chi connectivity index (χ4v) is 3.22. The van der Waals surface area contributed by atoms with Crippen molar-refractivity contribution in [2.24, 2.45) is 11.8 Å². The molecule has 106 valence electrons. The van der Waals surface area contributed by atoms with Gasteiger partial charge in [0, 0.05) is 15.7 Å². The van der Waals surface area contributed by atoms with Crippen LogP contribution in [0, 0.1) is 11.8 Å². The van der Waals surface area contributed by atoms with E-state index in [0.717, 1.165) is 22.3 Å². The maximum atomic E-state index is 5.95. The Kier molecular flexibility index (Phi) is 3.50. The normalized spacial score (nSPS) is 26.1. The number of hydrogen-bond acceptors (Lipinski definition) is 4. The maximum absolute atomic E-state index is 5.95. The second-order valence-corrected chi connectivity index (χ2v) is 6.52. The Morgan fingerprint density at radius 2 is 2.10 bits per heavy atom. The average Bonchev–Trinajstić information content (AvgIpc) is 3.01. The number of benzene rings is 1. The third-order valence-corrected chi connectivity index (χ3v) is 5.21. The number of nitrogen functional groups attached to an aromatic ring is 1. The lowest BCUT2D eigenvalue weighted by Gasteiger charge is -2.19. The molecule has 0 bridgehead atoms. The van der Waals surface area contributed by atoms with Crippen LogP contribution in [0.3, 0.4) is 0 Å². The molecule has 3 unspecified atom stereocenters. The topological polar surface area (TPSA) is 69.6 Å². The highest BCUT2D eigenvalue weighted by molar-refractivity contribution is 9.10. The van der Waals surface area contributed by atoms with Crippen molar-refractivity contribution in [3.8, 4) is 11.4 Å². The van der Waals surface area contributed by atoms with Crippen molar-refractivity contribution in [2.45, 2.75) is 32.7 Å². The Balaban J connectivity index is 2.00. The lowest BCUT2D eigenvalue weighted by atomic mass is 9.98. The minimum atomic E-state index is 0.375. The van der Waals surface area contributed by atoms with Crippen LogP contribution >= 0.6 is 15.9 Å². The van der Waals surface area contributed by atoms with Gasteiger partial charge in [-0.3, -0.25) is 0 Å². The van der Waals surface area contributed by atoms with E-state index in [1.165, 1.54) is 6.42 Å². The summed E-state index contributed by atoms with van der Waals surface area (Å²) < 4.78 is 2.86. The van der Waals surface area contributed by atoms with Crippen molar-refractivity contribution in [2.75, 3.05) is 5.73 Å². The van der Waals surface area contributed by atoms with Gasteiger partial charge >= 0.3 is 0 Å². The summed E-state index contributed by atoms with van der Waals surface area (Å²) in [6.45, 7) is 4.58. The number of tetrazole rings is 1. The van der Waals surface area contributed by atoms with Crippen LogP contribution in [-0.4, -0.2) is 20.2 Å². The number of nitrogens with zero attached hydrogens (tertiary/aromatic N) is 4. The van der Waals surface area contributed by atoms with E-state index in [-0.39, 0.29) is 0 Å². The van der Waals surface area contributed by atoms with E-state index >= 15 is 0 Å². The first-order valence-corrected chi connectivity index (χ1v) is 7.70. The first kappa shape index (κ1) is 13.5. The summed E-state index contributed by atoms with van der Waals surface area (Å²) in [6, 6.07) is 6.21. The molecule has 0 saturated heterocycles. The van der Waals surface area contributed by atoms with Gasteiger partial charge in [0.1, 0.15) is 0 Å². The van der Waals surface area contributed by atoms with Gasteiger partial charge in [0.05, 0.1) is 6.04 Å². The Labute approximate surface area is 126 Å². The molecule has 20 heavy (non-hydrogen) atoms. The molecule has 1 heterocycles. The Morgan fingerprint density at radius 1 is 1.30 bits per heavy atom. The third kappa shape index (κ3) is 2.22. The van der Waals surface area contributed by atoms with E-state index in [1.54, 1.807) is 0 Å². The van der Waals surface area contributed by atoms with Crippen LogP contribution < -0.4 is 5.73 Å². The predicted octanol–water partition coefficient (Wildman–Crippen LogP) is 3.29. The van der Waals surface area contributed by atoms with Crippen molar-refractivity contribution in [1.82, 2.24) is 20.2 Å². The summed E-state index contributed by atoms with van der Waals surface area (Å²) in [6.07, 6.45) is 2.36. The van der Waals surface area contributed by atoms with Crippen molar-refractivity contribution in [1.29, 1.82) is 0 Å². The van der Waals surface area contributed by atoms with Gasteiger partial charge in [-0.15, -0.1) is 5.10 Å². The van der Waals surface area contributed by atoms with Crippen LogP contribution in [-0.2, 0) is 0 Å². The zero-order valence-electron chi connectivity index (χ0n) is 11.6. The Bertz CT molecular complexity index is 624. The number of anilines is 1. The molecule has 6 heteroatoms. The molecule has 3 rings (SSSR count). The van der Waals surface area contributed by atoms with Gasteiger partial charge < -0.3 is 5.73 Å². The first-order chi connectivity index (χ1) is 9.58. The standard InChI is InChI=1S/C14H18BrN5/c1-8-3-6-13(9(8)2)20-14(17-18-19-20)10-4-5-11(15)12(16)7-10/h4-5,7-9,13H,3,6,16H2,1-2H3. The summed E-state index contributed by atoms with van der Waals surface area (Å²) in [7, 11) is 0. The molecule has 1 fully saturated rings. The zero-order valence-corrected chi connectivity index (χ0v) is 13.2. The molecular formula is C14H18BrN5. The molecule has 0 amide bonds. The van der Waals surface area contributed by atoms with Crippen molar-refractivity contribution < 1.29 is 0 Å². The number of rotatable bonds is 2. The van der Waals surface area contributed by atoms with Gasteiger partial charge in [-0.2, -0.15) is 0 Å². The van der Waals surface area contributed by atoms with Crippen LogP contribution in [0.25, 0.3) is 11.4 Å². The second-order valence-electron chi connectivity index (χ2n) is 5.66. The summed E-state index contributed by atoms with van der Waals surface area (Å²) in [4.78, 5) is 0. The Morgan fingerprint density at radius 3 is 2.75 bits per heavy atom. The molecule has 0 radical (unpaired) electrons. The van der Waals surface area contributed by atoms with Crippen molar-refractivity contribution in [3.05, 3.63) is 22.7 Å². The minimum Gasteiger partial charge on any atom is -0.398 e. The van der Waals surface area contributed by atoms with Gasteiger partial charge in [-0.1, -0.05) is 13.8 Å². The van der Waals surface area contributed by atoms with Crippen LogP contribution in [0.5, 0.6) is 0 Å². The molecule has 5 nitrogen and oxygen atoms in total. The lowest BCUT2D eigenvalue weighted by Crippen LogP contribution is -2.17. The summed E-state index contributed by atoms with van der Waals surface area (Å²) >= 11 is 3.41. The molecule has 1 aliphatic carbocycles. The molecule has 1 saturated carbocycles. The molecular weight excluding hydrogens is 318 g/mol. The number of nitrogens with two attached hydrogens (primary N) is 1. The maximum Gasteiger partial charge on any atom is 0.182 e. The molecule has 0 spiro atoms. The molecule has 1 aromatic heterocycles. The molecule has 0 aliphatic heterocycles. The Hall–Kier alpha value is -1.43. The van der Waals surface area contributed by atoms with Crippen LogP contribution in [0.15, 0.2) is 22.7 Å². The van der Waals surface area contributed by atoms with E-state index in [2.05, 4.69) is 45.3 Å². The van der Waals surface area contributed by atoms with Gasteiger partial charge in [-0.05, 0) is 69.2 Å². The average molecular weight is 336 g/mol. The van der Waals surface area contributed by atoms with Gasteiger partial charge in [0.25, 0.3) is 0 Å². The zero-order chi connectivity index (χ0) is 14.3. The quantitative estimate of drug-likeness (QED) is 0.855. The SMILES string of the molecule is CC1CCC(n2nnnc2-c2ccc(Br)c(N)c2)C1C. The van der Waals surface area contributed by atoms with E-state index in [1.807, 2.05) is 22.9 Å². The van der Waals surface area contributed by atoms with Gasteiger partial charge in [-0.25, -0.2) is 4.68 Å². The highest BCUT2D eigenvalue weighted by Crippen LogP contribution is 2.40. The van der Waals surface area contributed by atoms with Crippen LogP contribution in [0.4, 0.5) is 5.69 Å². The fourth-order valence-electron chi connectivity index (χ4n) is 2.97. The van der Waals surface area contributed by atoms with Crippen LogP contribution in [0.1, 0.15) is 32.7 Å². The lowest BCUT2D eigenvalue weighted by molar-refractivity contribution is 0.328. The van der Waals surface area contributed by atoms with E-state index in [9.17, 15) is 0 Å². The minimum absolute atomic E-state index is 0.375. The van der Waals surface area contributed by atoms with E-state index < -0.39 is 0 Å². The molecule has 2 aromatic rings. The second kappa shape index (κ2) is 5.16. The van der Waals surface area contributed by atoms with Crippen LogP contribution in [0.2, 0.25) is 0 Å². The van der Waals surface area contributed by atoms with E-state index in [4.69, 9.17) is 5.73 Å². The monoisotopic (exact) mass is 335 g/mol. The first-order valence-electron chi connectivity index (χ1n) is 6.91. The number of aromatic nitrogens is 4. The van der Waals surface area contributed by atoms with Crippen molar-refractivity contribution in [3.63, 3.8) is 0 Å². The number of hydrogen-bond donors (Lipinski definition) is 1. The molecule has 1 aromatic carbocycles. The molecule has 3 atom stereocenters. The third-order valence-electron chi connectivity index (χ3n) is 4.48. The molecule has 2 N–H and O–H groups in total. The smallest absolute Gasteiger partial charge is 0.182 e. The van der Waals surface area contributed by atoms with Gasteiger partial charge in [0.15, 0.2) is 5.82 Å². The number of halogens is 1.